The Morgan fingerprint density at radius 2 is 1.80 bits per heavy atom. The maximum absolute atomic E-state index is 12.2. The lowest BCUT2D eigenvalue weighted by atomic mass is 10.1. The van der Waals surface area contributed by atoms with Crippen molar-refractivity contribution < 1.29 is 4.79 Å². The monoisotopic (exact) mass is 353 g/mol. The quantitative estimate of drug-likeness (QED) is 0.780. The van der Waals surface area contributed by atoms with Gasteiger partial charge in [0.05, 0.1) is 16.4 Å². The highest BCUT2D eigenvalue weighted by atomic mass is 35.5. The molecule has 0 saturated heterocycles. The lowest BCUT2D eigenvalue weighted by molar-refractivity contribution is -0.117. The fraction of sp³-hybridized carbons (Fsp3) is 0.105. The Bertz CT molecular complexity index is 965. The van der Waals surface area contributed by atoms with Crippen LogP contribution in [0.3, 0.4) is 0 Å². The first-order valence-electron chi connectivity index (χ1n) is 7.72. The van der Waals surface area contributed by atoms with Crippen LogP contribution in [0, 0.1) is 6.92 Å². The van der Waals surface area contributed by atoms with Gasteiger partial charge < -0.3 is 5.32 Å². The lowest BCUT2D eigenvalue weighted by Crippen LogP contribution is -2.29. The van der Waals surface area contributed by atoms with Gasteiger partial charge in [-0.1, -0.05) is 53.6 Å². The highest BCUT2D eigenvalue weighted by molar-refractivity contribution is 6.33. The summed E-state index contributed by atoms with van der Waals surface area (Å²) in [4.78, 5) is 24.2. The highest BCUT2D eigenvalue weighted by Gasteiger charge is 2.09. The van der Waals surface area contributed by atoms with Crippen LogP contribution in [-0.4, -0.2) is 15.7 Å². The van der Waals surface area contributed by atoms with Crippen LogP contribution < -0.4 is 10.9 Å². The number of hydrogen-bond donors (Lipinski definition) is 1. The van der Waals surface area contributed by atoms with E-state index >= 15 is 0 Å². The minimum Gasteiger partial charge on any atom is -0.323 e. The van der Waals surface area contributed by atoms with Gasteiger partial charge in [0.1, 0.15) is 6.54 Å². The molecule has 2 aromatic carbocycles. The van der Waals surface area contributed by atoms with Gasteiger partial charge in [-0.15, -0.1) is 0 Å². The van der Waals surface area contributed by atoms with Gasteiger partial charge in [0, 0.05) is 11.6 Å². The maximum Gasteiger partial charge on any atom is 0.267 e. The number of aryl methyl sites for hydroxylation is 1. The van der Waals surface area contributed by atoms with Gasteiger partial charge in [0.25, 0.3) is 5.56 Å². The van der Waals surface area contributed by atoms with Crippen LogP contribution in [0.1, 0.15) is 5.56 Å². The first kappa shape index (κ1) is 16.9. The molecule has 3 rings (SSSR count). The van der Waals surface area contributed by atoms with Crippen molar-refractivity contribution in [1.29, 1.82) is 0 Å². The molecule has 25 heavy (non-hydrogen) atoms. The molecule has 0 radical (unpaired) electrons. The summed E-state index contributed by atoms with van der Waals surface area (Å²) in [5, 5.41) is 7.40. The molecule has 1 N–H and O–H groups in total. The summed E-state index contributed by atoms with van der Waals surface area (Å²) in [7, 11) is 0. The molecule has 1 heterocycles. The third kappa shape index (κ3) is 4.14. The van der Waals surface area contributed by atoms with E-state index in [4.69, 9.17) is 11.6 Å². The summed E-state index contributed by atoms with van der Waals surface area (Å²) in [6.07, 6.45) is 0. The molecule has 3 aromatic rings. The van der Waals surface area contributed by atoms with E-state index in [9.17, 15) is 9.59 Å². The number of amides is 1. The molecule has 0 saturated carbocycles. The smallest absolute Gasteiger partial charge is 0.267 e. The summed E-state index contributed by atoms with van der Waals surface area (Å²) in [5.74, 6) is -0.372. The molecule has 0 aliphatic rings. The van der Waals surface area contributed by atoms with Crippen molar-refractivity contribution in [2.24, 2.45) is 0 Å². The molecule has 6 heteroatoms. The number of nitrogens with zero attached hydrogens (tertiary/aromatic N) is 2. The van der Waals surface area contributed by atoms with Gasteiger partial charge in [0.2, 0.25) is 5.91 Å². The van der Waals surface area contributed by atoms with Gasteiger partial charge >= 0.3 is 0 Å². The van der Waals surface area contributed by atoms with E-state index < -0.39 is 0 Å². The molecule has 126 valence electrons. The molecule has 0 aliphatic carbocycles. The highest BCUT2D eigenvalue weighted by Crippen LogP contribution is 2.20. The van der Waals surface area contributed by atoms with Crippen molar-refractivity contribution in [3.8, 4) is 11.3 Å². The number of carbonyl (C=O) groups is 1. The number of carbonyl (C=O) groups excluding carboxylic acids is 1. The zero-order valence-corrected chi connectivity index (χ0v) is 14.3. The maximum atomic E-state index is 12.2. The molecule has 0 atom stereocenters. The van der Waals surface area contributed by atoms with Crippen molar-refractivity contribution in [3.05, 3.63) is 81.6 Å². The first-order valence-corrected chi connectivity index (χ1v) is 8.10. The summed E-state index contributed by atoms with van der Waals surface area (Å²) >= 11 is 6.02. The number of halogens is 1. The van der Waals surface area contributed by atoms with E-state index in [1.807, 2.05) is 31.2 Å². The minimum absolute atomic E-state index is 0.191. The molecule has 0 aliphatic heterocycles. The standard InChI is InChI=1S/C19H16ClN3O2/c1-13-6-8-14(9-7-13)16-10-11-19(25)23(22-16)12-18(24)21-17-5-3-2-4-15(17)20/h2-11H,12H2,1H3,(H,21,24). The van der Waals surface area contributed by atoms with Crippen LogP contribution in [0.5, 0.6) is 0 Å². The Labute approximate surface area is 149 Å². The molecule has 0 fully saturated rings. The van der Waals surface area contributed by atoms with Crippen molar-refractivity contribution in [2.45, 2.75) is 13.5 Å². The predicted molar refractivity (Wildman–Crippen MR) is 98.8 cm³/mol. The summed E-state index contributed by atoms with van der Waals surface area (Å²) in [6, 6.07) is 17.8. The van der Waals surface area contributed by atoms with Crippen LogP contribution in [0.25, 0.3) is 11.3 Å². The number of para-hydroxylation sites is 1. The molecule has 0 unspecified atom stereocenters. The van der Waals surface area contributed by atoms with Crippen molar-refractivity contribution in [1.82, 2.24) is 9.78 Å². The minimum atomic E-state index is -0.372. The third-order valence-electron chi connectivity index (χ3n) is 3.66. The SMILES string of the molecule is Cc1ccc(-c2ccc(=O)n(CC(=O)Nc3ccccc3Cl)n2)cc1. The third-order valence-corrected chi connectivity index (χ3v) is 3.98. The number of aromatic nitrogens is 2. The number of hydrogen-bond acceptors (Lipinski definition) is 3. The largest absolute Gasteiger partial charge is 0.323 e. The van der Waals surface area contributed by atoms with Crippen LogP contribution in [0.4, 0.5) is 5.69 Å². The van der Waals surface area contributed by atoms with Gasteiger partial charge in [0.15, 0.2) is 0 Å². The Morgan fingerprint density at radius 1 is 1.08 bits per heavy atom. The second-order valence-electron chi connectivity index (χ2n) is 5.61. The second-order valence-corrected chi connectivity index (χ2v) is 6.02. The van der Waals surface area contributed by atoms with E-state index in [0.717, 1.165) is 15.8 Å². The van der Waals surface area contributed by atoms with Crippen LogP contribution in [0.2, 0.25) is 5.02 Å². The average molecular weight is 354 g/mol. The van der Waals surface area contributed by atoms with Gasteiger partial charge in [-0.25, -0.2) is 4.68 Å². The average Bonchev–Trinajstić information content (AvgIpc) is 2.60. The first-order chi connectivity index (χ1) is 12.0. The Hall–Kier alpha value is -2.92. The molecular formula is C19H16ClN3O2. The molecule has 0 spiro atoms. The predicted octanol–water partition coefficient (Wildman–Crippen LogP) is 3.51. The topological polar surface area (TPSA) is 64.0 Å². The van der Waals surface area contributed by atoms with Gasteiger partial charge in [-0.2, -0.15) is 5.10 Å². The van der Waals surface area contributed by atoms with E-state index in [1.54, 1.807) is 30.3 Å². The van der Waals surface area contributed by atoms with Crippen molar-refractivity contribution in [3.63, 3.8) is 0 Å². The fourth-order valence-corrected chi connectivity index (χ4v) is 2.51. The number of benzene rings is 2. The van der Waals surface area contributed by atoms with Crippen molar-refractivity contribution >= 4 is 23.2 Å². The second kappa shape index (κ2) is 7.32. The molecule has 0 bridgehead atoms. The number of nitrogens with one attached hydrogen (secondary N) is 1. The van der Waals surface area contributed by atoms with Crippen LogP contribution >= 0.6 is 11.6 Å². The summed E-state index contributed by atoms with van der Waals surface area (Å²) in [5.41, 5.74) is 2.80. The van der Waals surface area contributed by atoms with E-state index in [-0.39, 0.29) is 18.0 Å². The summed E-state index contributed by atoms with van der Waals surface area (Å²) in [6.45, 7) is 1.81. The fourth-order valence-electron chi connectivity index (χ4n) is 2.33. The Balaban J connectivity index is 1.81. The van der Waals surface area contributed by atoms with Gasteiger partial charge in [-0.05, 0) is 25.1 Å². The van der Waals surface area contributed by atoms with E-state index in [1.165, 1.54) is 6.07 Å². The van der Waals surface area contributed by atoms with Crippen molar-refractivity contribution in [2.75, 3.05) is 5.32 Å². The molecule has 1 amide bonds. The zero-order valence-electron chi connectivity index (χ0n) is 13.6. The molecule has 1 aromatic heterocycles. The normalized spacial score (nSPS) is 10.5. The van der Waals surface area contributed by atoms with Gasteiger partial charge in [-0.3, -0.25) is 9.59 Å². The summed E-state index contributed by atoms with van der Waals surface area (Å²) < 4.78 is 1.14. The lowest BCUT2D eigenvalue weighted by Gasteiger charge is -2.09. The van der Waals surface area contributed by atoms with E-state index in [0.29, 0.717) is 16.4 Å². The van der Waals surface area contributed by atoms with Crippen LogP contribution in [-0.2, 0) is 11.3 Å². The number of anilines is 1. The molecular weight excluding hydrogens is 338 g/mol. The Morgan fingerprint density at radius 3 is 2.52 bits per heavy atom. The van der Waals surface area contributed by atoms with E-state index in [2.05, 4.69) is 10.4 Å². The molecule has 5 nitrogen and oxygen atoms in total. The van der Waals surface area contributed by atoms with Crippen LogP contribution in [0.15, 0.2) is 65.5 Å². The zero-order chi connectivity index (χ0) is 17.8. The Kier molecular flexibility index (Phi) is 4.95. The number of rotatable bonds is 4.